The summed E-state index contributed by atoms with van der Waals surface area (Å²) in [7, 11) is 0. The first-order valence-corrected chi connectivity index (χ1v) is 7.14. The fourth-order valence-electron chi connectivity index (χ4n) is 2.46. The lowest BCUT2D eigenvalue weighted by Crippen LogP contribution is -2.30. The van der Waals surface area contributed by atoms with Crippen LogP contribution in [0, 0.1) is 0 Å². The Hall–Kier alpha value is -2.03. The molecule has 0 aromatic rings. The molecule has 2 aliphatic heterocycles. The summed E-state index contributed by atoms with van der Waals surface area (Å²) in [5.74, 6) is 0.960. The Morgan fingerprint density at radius 1 is 1.55 bits per heavy atom. The molecular formula is C17H23N3. The summed E-state index contributed by atoms with van der Waals surface area (Å²) in [6.07, 6.45) is 13.6. The Kier molecular flexibility index (Phi) is 4.61. The first-order chi connectivity index (χ1) is 9.65. The van der Waals surface area contributed by atoms with Crippen molar-refractivity contribution in [3.8, 4) is 0 Å². The van der Waals surface area contributed by atoms with E-state index < -0.39 is 0 Å². The highest BCUT2D eigenvalue weighted by molar-refractivity contribution is 5.93. The van der Waals surface area contributed by atoms with Crippen LogP contribution in [0.2, 0.25) is 0 Å². The van der Waals surface area contributed by atoms with E-state index in [1.807, 2.05) is 0 Å². The SMILES string of the molecule is C=C1C=C(C)C=CN1/C(=C\C)C1CC=CC(NCC)=N1. The molecule has 1 atom stereocenters. The van der Waals surface area contributed by atoms with E-state index >= 15 is 0 Å². The molecule has 0 aromatic carbocycles. The highest BCUT2D eigenvalue weighted by atomic mass is 15.2. The molecule has 2 heterocycles. The lowest BCUT2D eigenvalue weighted by Gasteiger charge is -2.31. The predicted molar refractivity (Wildman–Crippen MR) is 86.3 cm³/mol. The van der Waals surface area contributed by atoms with E-state index in [0.29, 0.717) is 0 Å². The fourth-order valence-corrected chi connectivity index (χ4v) is 2.46. The molecule has 1 unspecified atom stereocenters. The van der Waals surface area contributed by atoms with Gasteiger partial charge in [0.25, 0.3) is 0 Å². The molecule has 3 nitrogen and oxygen atoms in total. The number of likely N-dealkylation sites (N-methyl/N-ethyl adjacent to an activating group) is 1. The summed E-state index contributed by atoms with van der Waals surface area (Å²) in [4.78, 5) is 6.91. The smallest absolute Gasteiger partial charge is 0.121 e. The van der Waals surface area contributed by atoms with E-state index in [2.05, 4.69) is 74.1 Å². The third-order valence-electron chi connectivity index (χ3n) is 3.39. The third kappa shape index (κ3) is 3.10. The first kappa shape index (κ1) is 14.4. The standard InChI is InChI=1S/C17H23N3/c1-5-16(20-11-10-13(3)12-14(20)4)15-8-7-9-17(19-15)18-6-2/h5,7,9-12,15H,4,6,8H2,1-3H3,(H,18,19)/b16-5-. The van der Waals surface area contributed by atoms with Crippen LogP contribution in [-0.4, -0.2) is 23.3 Å². The third-order valence-corrected chi connectivity index (χ3v) is 3.39. The molecule has 1 N–H and O–H groups in total. The average Bonchev–Trinajstić information content (AvgIpc) is 2.43. The highest BCUT2D eigenvalue weighted by Crippen LogP contribution is 2.26. The van der Waals surface area contributed by atoms with Crippen molar-refractivity contribution in [1.29, 1.82) is 0 Å². The minimum Gasteiger partial charge on any atom is -0.371 e. The maximum atomic E-state index is 4.78. The van der Waals surface area contributed by atoms with Crippen molar-refractivity contribution in [3.05, 3.63) is 60.1 Å². The summed E-state index contributed by atoms with van der Waals surface area (Å²) >= 11 is 0. The van der Waals surface area contributed by atoms with Gasteiger partial charge < -0.3 is 10.2 Å². The number of nitrogens with zero attached hydrogens (tertiary/aromatic N) is 2. The predicted octanol–water partition coefficient (Wildman–Crippen LogP) is 3.52. The number of allylic oxidation sites excluding steroid dienone is 4. The fraction of sp³-hybridized carbons (Fsp3) is 0.353. The van der Waals surface area contributed by atoms with Gasteiger partial charge in [-0.2, -0.15) is 0 Å². The van der Waals surface area contributed by atoms with Crippen molar-refractivity contribution >= 4 is 5.84 Å². The number of hydrogen-bond acceptors (Lipinski definition) is 3. The molecule has 0 radical (unpaired) electrons. The van der Waals surface area contributed by atoms with Crippen LogP contribution in [0.3, 0.4) is 0 Å². The van der Waals surface area contributed by atoms with Gasteiger partial charge in [0.05, 0.1) is 6.04 Å². The Balaban J connectivity index is 2.20. The van der Waals surface area contributed by atoms with Gasteiger partial charge in [-0.05, 0) is 51.0 Å². The van der Waals surface area contributed by atoms with Crippen molar-refractivity contribution < 1.29 is 0 Å². The molecule has 0 aromatic heterocycles. The maximum absolute atomic E-state index is 4.78. The number of dihydropyridines is 1. The summed E-state index contributed by atoms with van der Waals surface area (Å²) in [6, 6.07) is 0.146. The molecule has 0 bridgehead atoms. The minimum absolute atomic E-state index is 0.146. The van der Waals surface area contributed by atoms with Gasteiger partial charge in [-0.3, -0.25) is 4.99 Å². The van der Waals surface area contributed by atoms with E-state index in [1.54, 1.807) is 0 Å². The van der Waals surface area contributed by atoms with Crippen LogP contribution in [0.1, 0.15) is 27.2 Å². The Morgan fingerprint density at radius 3 is 3.00 bits per heavy atom. The van der Waals surface area contributed by atoms with E-state index in [1.165, 1.54) is 11.3 Å². The van der Waals surface area contributed by atoms with E-state index in [-0.39, 0.29) is 6.04 Å². The van der Waals surface area contributed by atoms with Crippen LogP contribution < -0.4 is 5.32 Å². The van der Waals surface area contributed by atoms with Crippen molar-refractivity contribution in [2.24, 2.45) is 4.99 Å². The highest BCUT2D eigenvalue weighted by Gasteiger charge is 2.21. The van der Waals surface area contributed by atoms with Crippen LogP contribution in [0.15, 0.2) is 65.1 Å². The minimum atomic E-state index is 0.146. The summed E-state index contributed by atoms with van der Waals surface area (Å²) in [5.41, 5.74) is 3.39. The Bertz CT molecular complexity index is 532. The molecule has 106 valence electrons. The number of hydrogen-bond donors (Lipinski definition) is 1. The van der Waals surface area contributed by atoms with Gasteiger partial charge >= 0.3 is 0 Å². The van der Waals surface area contributed by atoms with E-state index in [9.17, 15) is 0 Å². The molecule has 20 heavy (non-hydrogen) atoms. The second kappa shape index (κ2) is 6.42. The van der Waals surface area contributed by atoms with Crippen LogP contribution in [0.25, 0.3) is 0 Å². The molecular weight excluding hydrogens is 246 g/mol. The van der Waals surface area contributed by atoms with Gasteiger partial charge in [0.1, 0.15) is 5.84 Å². The van der Waals surface area contributed by atoms with Crippen LogP contribution in [0.5, 0.6) is 0 Å². The monoisotopic (exact) mass is 269 g/mol. The topological polar surface area (TPSA) is 27.6 Å². The lowest BCUT2D eigenvalue weighted by molar-refractivity contribution is 0.518. The van der Waals surface area contributed by atoms with Crippen LogP contribution in [0.4, 0.5) is 0 Å². The van der Waals surface area contributed by atoms with E-state index in [0.717, 1.165) is 24.5 Å². The zero-order chi connectivity index (χ0) is 14.5. The van der Waals surface area contributed by atoms with Gasteiger partial charge in [0.2, 0.25) is 0 Å². The summed E-state index contributed by atoms with van der Waals surface area (Å²) in [6.45, 7) is 11.3. The Morgan fingerprint density at radius 2 is 2.35 bits per heavy atom. The van der Waals surface area contributed by atoms with Crippen molar-refractivity contribution in [2.75, 3.05) is 6.54 Å². The quantitative estimate of drug-likeness (QED) is 0.849. The summed E-state index contributed by atoms with van der Waals surface area (Å²) < 4.78 is 0. The second-order valence-electron chi connectivity index (χ2n) is 4.98. The largest absolute Gasteiger partial charge is 0.371 e. The number of amidine groups is 1. The van der Waals surface area contributed by atoms with Crippen LogP contribution >= 0.6 is 0 Å². The molecule has 2 aliphatic rings. The van der Waals surface area contributed by atoms with Gasteiger partial charge in [0.15, 0.2) is 0 Å². The molecule has 3 heteroatoms. The second-order valence-corrected chi connectivity index (χ2v) is 4.98. The van der Waals surface area contributed by atoms with Crippen molar-refractivity contribution in [3.63, 3.8) is 0 Å². The molecule has 2 rings (SSSR count). The van der Waals surface area contributed by atoms with Crippen molar-refractivity contribution in [1.82, 2.24) is 10.2 Å². The number of rotatable bonds is 3. The molecule has 0 spiro atoms. The van der Waals surface area contributed by atoms with Gasteiger partial charge in [-0.25, -0.2) is 0 Å². The van der Waals surface area contributed by atoms with Crippen LogP contribution in [-0.2, 0) is 0 Å². The van der Waals surface area contributed by atoms with Gasteiger partial charge in [0, 0.05) is 24.1 Å². The molecule has 0 saturated heterocycles. The van der Waals surface area contributed by atoms with Crippen molar-refractivity contribution in [2.45, 2.75) is 33.2 Å². The van der Waals surface area contributed by atoms with Gasteiger partial charge in [-0.1, -0.05) is 18.7 Å². The number of aliphatic imine (C=N–C) groups is 1. The molecule has 0 amide bonds. The first-order valence-electron chi connectivity index (χ1n) is 7.14. The summed E-state index contributed by atoms with van der Waals surface area (Å²) in [5, 5.41) is 3.28. The zero-order valence-electron chi connectivity index (χ0n) is 12.6. The molecule has 0 fully saturated rings. The normalized spacial score (nSPS) is 22.8. The van der Waals surface area contributed by atoms with Gasteiger partial charge in [-0.15, -0.1) is 0 Å². The van der Waals surface area contributed by atoms with E-state index in [4.69, 9.17) is 4.99 Å². The zero-order valence-corrected chi connectivity index (χ0v) is 12.6. The number of nitrogens with one attached hydrogen (secondary N) is 1. The average molecular weight is 269 g/mol. The molecule has 0 aliphatic carbocycles. The Labute approximate surface area is 121 Å². The lowest BCUT2D eigenvalue weighted by atomic mass is 10.0. The molecule has 0 saturated carbocycles. The maximum Gasteiger partial charge on any atom is 0.121 e.